The molecule has 1 heterocycles. The largest absolute Gasteiger partial charge is 0.488 e. The molecule has 1 aromatic carbocycles. The molecule has 0 atom stereocenters. The van der Waals surface area contributed by atoms with Crippen LogP contribution in [0.5, 0.6) is 5.75 Å². The minimum absolute atomic E-state index is 0.125. The van der Waals surface area contributed by atoms with Gasteiger partial charge in [-0.25, -0.2) is 0 Å². The van der Waals surface area contributed by atoms with Gasteiger partial charge in [0.25, 0.3) is 0 Å². The third kappa shape index (κ3) is 5.01. The molecule has 2 rings (SSSR count). The zero-order chi connectivity index (χ0) is 13.7. The lowest BCUT2D eigenvalue weighted by Crippen LogP contribution is -2.35. The summed E-state index contributed by atoms with van der Waals surface area (Å²) in [5.41, 5.74) is 3.18. The van der Waals surface area contributed by atoms with Gasteiger partial charge in [0.2, 0.25) is 0 Å². The summed E-state index contributed by atoms with van der Waals surface area (Å²) in [5.74, 6) is 0.904. The van der Waals surface area contributed by atoms with Crippen LogP contribution in [-0.4, -0.2) is 10.5 Å². The average molecular weight is 276 g/mol. The van der Waals surface area contributed by atoms with Crippen molar-refractivity contribution in [1.82, 2.24) is 10.3 Å². The third-order valence-corrected chi connectivity index (χ3v) is 3.34. The molecule has 0 aliphatic rings. The minimum Gasteiger partial charge on any atom is -0.488 e. The van der Waals surface area contributed by atoms with Gasteiger partial charge in [0.1, 0.15) is 12.4 Å². The Labute approximate surface area is 118 Å². The highest BCUT2D eigenvalue weighted by atomic mass is 32.1. The van der Waals surface area contributed by atoms with E-state index in [0.29, 0.717) is 6.61 Å². The van der Waals surface area contributed by atoms with Crippen molar-refractivity contribution in [3.05, 3.63) is 46.4 Å². The lowest BCUT2D eigenvalue weighted by atomic mass is 10.1. The fourth-order valence-corrected chi connectivity index (χ4v) is 2.09. The van der Waals surface area contributed by atoms with Gasteiger partial charge in [-0.05, 0) is 38.5 Å². The van der Waals surface area contributed by atoms with Crippen molar-refractivity contribution in [1.29, 1.82) is 0 Å². The Hall–Kier alpha value is -1.39. The molecule has 2 aromatic rings. The summed E-state index contributed by atoms with van der Waals surface area (Å²) >= 11 is 1.61. The predicted octanol–water partition coefficient (Wildman–Crippen LogP) is 3.61. The van der Waals surface area contributed by atoms with Gasteiger partial charge in [-0.2, -0.15) is 0 Å². The van der Waals surface area contributed by atoms with Crippen LogP contribution < -0.4 is 10.1 Å². The lowest BCUT2D eigenvalue weighted by molar-refractivity contribution is 0.309. The Morgan fingerprint density at radius 2 is 2.16 bits per heavy atom. The molecule has 19 heavy (non-hydrogen) atoms. The van der Waals surface area contributed by atoms with Crippen molar-refractivity contribution in [3.8, 4) is 5.75 Å². The number of rotatable bonds is 5. The van der Waals surface area contributed by atoms with Gasteiger partial charge >= 0.3 is 0 Å². The lowest BCUT2D eigenvalue weighted by Gasteiger charge is -2.20. The molecule has 1 aromatic heterocycles. The van der Waals surface area contributed by atoms with Crippen LogP contribution in [0.1, 0.15) is 31.2 Å². The standard InChI is InChI=1S/C15H20N2OS/c1-15(2,3)17-8-12-5-4-6-13(7-12)18-10-14-9-16-11-19-14/h4-7,9,11,17H,8,10H2,1-3H3. The van der Waals surface area contributed by atoms with Gasteiger partial charge in [-0.1, -0.05) is 12.1 Å². The second-order valence-corrected chi connectivity index (χ2v) is 6.48. The molecule has 0 aliphatic heterocycles. The van der Waals surface area contributed by atoms with Crippen LogP contribution in [0.3, 0.4) is 0 Å². The Bertz CT molecular complexity index is 503. The third-order valence-electron chi connectivity index (χ3n) is 2.59. The van der Waals surface area contributed by atoms with Gasteiger partial charge in [0.15, 0.2) is 0 Å². The van der Waals surface area contributed by atoms with E-state index in [9.17, 15) is 0 Å². The van der Waals surface area contributed by atoms with Crippen LogP contribution in [0.4, 0.5) is 0 Å². The molecule has 4 heteroatoms. The van der Waals surface area contributed by atoms with E-state index < -0.39 is 0 Å². The maximum atomic E-state index is 5.77. The van der Waals surface area contributed by atoms with E-state index in [2.05, 4.69) is 43.2 Å². The highest BCUT2D eigenvalue weighted by Crippen LogP contribution is 2.17. The maximum absolute atomic E-state index is 5.77. The number of hydrogen-bond acceptors (Lipinski definition) is 4. The first-order chi connectivity index (χ1) is 9.03. The van der Waals surface area contributed by atoms with Crippen LogP contribution in [-0.2, 0) is 13.2 Å². The summed E-state index contributed by atoms with van der Waals surface area (Å²) in [6, 6.07) is 8.21. The van der Waals surface area contributed by atoms with Gasteiger partial charge in [-0.15, -0.1) is 11.3 Å². The molecule has 0 bridgehead atoms. The zero-order valence-electron chi connectivity index (χ0n) is 11.6. The summed E-state index contributed by atoms with van der Waals surface area (Å²) in [6.07, 6.45) is 1.84. The quantitative estimate of drug-likeness (QED) is 0.906. The van der Waals surface area contributed by atoms with Crippen LogP contribution in [0, 0.1) is 0 Å². The summed E-state index contributed by atoms with van der Waals surface area (Å²) in [5, 5.41) is 3.47. The van der Waals surface area contributed by atoms with E-state index in [1.54, 1.807) is 11.3 Å². The minimum atomic E-state index is 0.125. The van der Waals surface area contributed by atoms with E-state index in [1.165, 1.54) is 5.56 Å². The number of nitrogens with zero attached hydrogens (tertiary/aromatic N) is 1. The highest BCUT2D eigenvalue weighted by Gasteiger charge is 2.08. The van der Waals surface area contributed by atoms with E-state index in [-0.39, 0.29) is 5.54 Å². The molecule has 0 radical (unpaired) electrons. The molecule has 0 unspecified atom stereocenters. The van der Waals surface area contributed by atoms with Gasteiger partial charge in [0, 0.05) is 18.3 Å². The number of aromatic nitrogens is 1. The number of nitrogens with one attached hydrogen (secondary N) is 1. The fraction of sp³-hybridized carbons (Fsp3) is 0.400. The van der Waals surface area contributed by atoms with E-state index in [1.807, 2.05) is 23.8 Å². The fourth-order valence-electron chi connectivity index (χ4n) is 1.58. The van der Waals surface area contributed by atoms with Crippen molar-refractivity contribution in [2.45, 2.75) is 39.5 Å². The van der Waals surface area contributed by atoms with E-state index >= 15 is 0 Å². The second-order valence-electron chi connectivity index (χ2n) is 5.51. The topological polar surface area (TPSA) is 34.1 Å². The Balaban J connectivity index is 1.91. The predicted molar refractivity (Wildman–Crippen MR) is 79.5 cm³/mol. The van der Waals surface area contributed by atoms with Crippen molar-refractivity contribution in [3.63, 3.8) is 0 Å². The number of benzene rings is 1. The van der Waals surface area contributed by atoms with Crippen molar-refractivity contribution in [2.75, 3.05) is 0 Å². The Morgan fingerprint density at radius 3 is 2.84 bits per heavy atom. The summed E-state index contributed by atoms with van der Waals surface area (Å²) in [7, 11) is 0. The summed E-state index contributed by atoms with van der Waals surface area (Å²) in [4.78, 5) is 5.17. The van der Waals surface area contributed by atoms with Crippen molar-refractivity contribution >= 4 is 11.3 Å². The van der Waals surface area contributed by atoms with Crippen LogP contribution in [0.25, 0.3) is 0 Å². The first kappa shape index (κ1) is 14.0. The smallest absolute Gasteiger partial charge is 0.124 e. The molecule has 3 nitrogen and oxygen atoms in total. The van der Waals surface area contributed by atoms with Crippen molar-refractivity contribution in [2.24, 2.45) is 0 Å². The molecule has 102 valence electrons. The van der Waals surface area contributed by atoms with Gasteiger partial charge in [0.05, 0.1) is 10.4 Å². The number of hydrogen-bond donors (Lipinski definition) is 1. The van der Waals surface area contributed by atoms with E-state index in [0.717, 1.165) is 17.2 Å². The summed E-state index contributed by atoms with van der Waals surface area (Å²) in [6.45, 7) is 7.92. The Morgan fingerprint density at radius 1 is 1.32 bits per heavy atom. The first-order valence-corrected chi connectivity index (χ1v) is 7.25. The van der Waals surface area contributed by atoms with E-state index in [4.69, 9.17) is 4.74 Å². The number of thiazole rings is 1. The molecule has 0 saturated heterocycles. The highest BCUT2D eigenvalue weighted by molar-refractivity contribution is 7.09. The SMILES string of the molecule is CC(C)(C)NCc1cccc(OCc2cncs2)c1. The molecule has 0 saturated carbocycles. The first-order valence-electron chi connectivity index (χ1n) is 6.37. The molecular weight excluding hydrogens is 256 g/mol. The molecule has 0 spiro atoms. The van der Waals surface area contributed by atoms with Crippen LogP contribution >= 0.6 is 11.3 Å². The molecule has 1 N–H and O–H groups in total. The zero-order valence-corrected chi connectivity index (χ0v) is 12.5. The monoisotopic (exact) mass is 276 g/mol. The normalized spacial score (nSPS) is 11.5. The summed E-state index contributed by atoms with van der Waals surface area (Å²) < 4.78 is 5.77. The Kier molecular flexibility index (Phi) is 4.56. The molecular formula is C15H20N2OS. The molecule has 0 fully saturated rings. The average Bonchev–Trinajstić information content (AvgIpc) is 2.87. The van der Waals surface area contributed by atoms with Crippen LogP contribution in [0.15, 0.2) is 36.0 Å². The maximum Gasteiger partial charge on any atom is 0.124 e. The van der Waals surface area contributed by atoms with Gasteiger partial charge in [-0.3, -0.25) is 4.98 Å². The van der Waals surface area contributed by atoms with Crippen LogP contribution in [0.2, 0.25) is 0 Å². The molecule has 0 aliphatic carbocycles. The number of ether oxygens (including phenoxy) is 1. The van der Waals surface area contributed by atoms with Crippen molar-refractivity contribution < 1.29 is 4.74 Å². The van der Waals surface area contributed by atoms with Gasteiger partial charge < -0.3 is 10.1 Å². The second kappa shape index (κ2) is 6.17. The molecule has 0 amide bonds.